The molecule has 0 heterocycles. The fourth-order valence-electron chi connectivity index (χ4n) is 3.39. The van der Waals surface area contributed by atoms with Gasteiger partial charge in [-0.2, -0.15) is 0 Å². The predicted molar refractivity (Wildman–Crippen MR) is 91.3 cm³/mol. The maximum atomic E-state index is 13.4. The molecule has 0 spiro atoms. The van der Waals surface area contributed by atoms with E-state index in [2.05, 4.69) is 10.6 Å². The quantitative estimate of drug-likeness (QED) is 0.863. The van der Waals surface area contributed by atoms with E-state index in [1.807, 2.05) is 26.8 Å². The summed E-state index contributed by atoms with van der Waals surface area (Å²) >= 11 is 0. The molecule has 132 valence electrons. The van der Waals surface area contributed by atoms with Crippen molar-refractivity contribution in [2.75, 3.05) is 6.54 Å². The van der Waals surface area contributed by atoms with Gasteiger partial charge in [-0.3, -0.25) is 0 Å². The lowest BCUT2D eigenvalue weighted by Gasteiger charge is -2.25. The number of aryl methyl sites for hydroxylation is 1. The van der Waals surface area contributed by atoms with Crippen LogP contribution in [0.25, 0.3) is 0 Å². The van der Waals surface area contributed by atoms with Gasteiger partial charge in [0.2, 0.25) is 0 Å². The smallest absolute Gasteiger partial charge is 0.407 e. The molecule has 0 bridgehead atoms. The summed E-state index contributed by atoms with van der Waals surface area (Å²) in [6.45, 7) is 6.14. The van der Waals surface area contributed by atoms with Crippen molar-refractivity contribution in [3.63, 3.8) is 0 Å². The number of ether oxygens (including phenoxy) is 1. The van der Waals surface area contributed by atoms with Crippen LogP contribution in [0.15, 0.2) is 18.2 Å². The molecule has 2 atom stereocenters. The second-order valence-corrected chi connectivity index (χ2v) is 7.93. The number of amides is 1. The van der Waals surface area contributed by atoms with Crippen LogP contribution in [-0.4, -0.2) is 24.3 Å². The number of nitrogens with one attached hydrogen (secondary N) is 2. The average Bonchev–Trinajstić information content (AvgIpc) is 3.24. The monoisotopic (exact) mass is 334 g/mol. The van der Waals surface area contributed by atoms with Gasteiger partial charge in [-0.15, -0.1) is 0 Å². The minimum absolute atomic E-state index is 0.167. The van der Waals surface area contributed by atoms with Crippen LogP contribution in [-0.2, 0) is 11.2 Å². The fourth-order valence-corrected chi connectivity index (χ4v) is 3.39. The molecule has 0 aliphatic heterocycles. The van der Waals surface area contributed by atoms with Gasteiger partial charge in [0.1, 0.15) is 11.4 Å². The van der Waals surface area contributed by atoms with Crippen molar-refractivity contribution in [1.82, 2.24) is 10.6 Å². The van der Waals surface area contributed by atoms with E-state index in [1.165, 1.54) is 24.5 Å². The number of hydrogen-bond donors (Lipinski definition) is 2. The van der Waals surface area contributed by atoms with Crippen molar-refractivity contribution in [3.05, 3.63) is 35.1 Å². The Hall–Kier alpha value is -1.62. The molecule has 1 saturated carbocycles. The van der Waals surface area contributed by atoms with Crippen LogP contribution in [0.1, 0.15) is 57.2 Å². The molecule has 1 aromatic rings. The van der Waals surface area contributed by atoms with Gasteiger partial charge in [-0.1, -0.05) is 6.07 Å². The fraction of sp³-hybridized carbons (Fsp3) is 0.632. The number of alkyl carbamates (subject to hydrolysis) is 1. The van der Waals surface area contributed by atoms with Crippen LogP contribution in [0.3, 0.4) is 0 Å². The molecule has 2 aliphatic carbocycles. The summed E-state index contributed by atoms with van der Waals surface area (Å²) in [6.07, 6.45) is 3.90. The van der Waals surface area contributed by atoms with Crippen molar-refractivity contribution < 1.29 is 13.9 Å². The summed E-state index contributed by atoms with van der Waals surface area (Å²) in [5, 5.41) is 6.56. The van der Waals surface area contributed by atoms with Gasteiger partial charge in [-0.05, 0) is 75.6 Å². The number of carbonyl (C=O) groups is 1. The van der Waals surface area contributed by atoms with E-state index in [0.29, 0.717) is 12.5 Å². The first-order valence-electron chi connectivity index (χ1n) is 8.83. The van der Waals surface area contributed by atoms with Gasteiger partial charge in [0.05, 0.1) is 0 Å². The summed E-state index contributed by atoms with van der Waals surface area (Å²) < 4.78 is 18.7. The maximum absolute atomic E-state index is 13.4. The molecule has 1 fully saturated rings. The van der Waals surface area contributed by atoms with E-state index < -0.39 is 5.60 Å². The Morgan fingerprint density at radius 1 is 1.33 bits per heavy atom. The van der Waals surface area contributed by atoms with Gasteiger partial charge in [-0.25, -0.2) is 9.18 Å². The van der Waals surface area contributed by atoms with Gasteiger partial charge < -0.3 is 15.4 Å². The zero-order chi connectivity index (χ0) is 17.3. The summed E-state index contributed by atoms with van der Waals surface area (Å²) in [5.74, 6) is 0.434. The van der Waals surface area contributed by atoms with E-state index in [4.69, 9.17) is 4.74 Å². The molecule has 1 aromatic carbocycles. The van der Waals surface area contributed by atoms with Crippen LogP contribution in [0, 0.1) is 11.7 Å². The van der Waals surface area contributed by atoms with Crippen LogP contribution >= 0.6 is 0 Å². The molecule has 3 rings (SSSR count). The van der Waals surface area contributed by atoms with Gasteiger partial charge in [0.15, 0.2) is 0 Å². The van der Waals surface area contributed by atoms with Gasteiger partial charge >= 0.3 is 6.09 Å². The number of fused-ring (bicyclic) bond motifs is 1. The number of rotatable bonds is 5. The number of carbonyl (C=O) groups excluding carboxylic acids is 1. The number of hydrogen-bond acceptors (Lipinski definition) is 3. The third-order valence-electron chi connectivity index (χ3n) is 4.65. The molecular weight excluding hydrogens is 307 g/mol. The van der Waals surface area contributed by atoms with E-state index in [-0.39, 0.29) is 24.0 Å². The summed E-state index contributed by atoms with van der Waals surface area (Å²) in [5.41, 5.74) is 1.81. The normalized spacial score (nSPS) is 21.2. The molecule has 0 radical (unpaired) electrons. The number of halogens is 1. The van der Waals surface area contributed by atoms with Crippen LogP contribution in [0.4, 0.5) is 9.18 Å². The third kappa shape index (κ3) is 4.47. The second kappa shape index (κ2) is 6.71. The van der Waals surface area contributed by atoms with Crippen LogP contribution in [0.5, 0.6) is 0 Å². The van der Waals surface area contributed by atoms with Crippen LogP contribution < -0.4 is 10.6 Å². The molecule has 2 unspecified atom stereocenters. The first-order valence-corrected chi connectivity index (χ1v) is 8.83. The lowest BCUT2D eigenvalue weighted by Crippen LogP contribution is -2.44. The first-order chi connectivity index (χ1) is 11.3. The standard InChI is InChI=1S/C19H27FN2O2/c1-19(2,3)24-18(23)21-11-17(12-4-5-12)22-16-9-6-13-10-14(20)7-8-15(13)16/h7-8,10,12,16-17,22H,4-6,9,11H2,1-3H3,(H,21,23). The highest BCUT2D eigenvalue weighted by Gasteiger charge is 2.34. The Morgan fingerprint density at radius 2 is 2.08 bits per heavy atom. The Bertz CT molecular complexity index is 608. The van der Waals surface area contributed by atoms with E-state index in [1.54, 1.807) is 6.07 Å². The highest BCUT2D eigenvalue weighted by Crippen LogP contribution is 2.37. The molecule has 0 saturated heterocycles. The SMILES string of the molecule is CC(C)(C)OC(=O)NCC(NC1CCc2cc(F)ccc21)C1CC1. The largest absolute Gasteiger partial charge is 0.444 e. The minimum atomic E-state index is -0.485. The Labute approximate surface area is 143 Å². The topological polar surface area (TPSA) is 50.4 Å². The molecule has 2 N–H and O–H groups in total. The Morgan fingerprint density at radius 3 is 2.75 bits per heavy atom. The highest BCUT2D eigenvalue weighted by molar-refractivity contribution is 5.67. The van der Waals surface area contributed by atoms with E-state index in [9.17, 15) is 9.18 Å². The highest BCUT2D eigenvalue weighted by atomic mass is 19.1. The summed E-state index contributed by atoms with van der Waals surface area (Å²) in [7, 11) is 0. The molecule has 0 aromatic heterocycles. The zero-order valence-corrected chi connectivity index (χ0v) is 14.7. The van der Waals surface area contributed by atoms with Crippen molar-refractivity contribution in [1.29, 1.82) is 0 Å². The first kappa shape index (κ1) is 17.2. The Balaban J connectivity index is 1.57. The van der Waals surface area contributed by atoms with Crippen LogP contribution in [0.2, 0.25) is 0 Å². The van der Waals surface area contributed by atoms with E-state index in [0.717, 1.165) is 18.4 Å². The minimum Gasteiger partial charge on any atom is -0.444 e. The van der Waals surface area contributed by atoms with Crippen molar-refractivity contribution >= 4 is 6.09 Å². The van der Waals surface area contributed by atoms with Crippen molar-refractivity contribution in [3.8, 4) is 0 Å². The number of benzene rings is 1. The lowest BCUT2D eigenvalue weighted by atomic mass is 10.1. The molecule has 2 aliphatic rings. The third-order valence-corrected chi connectivity index (χ3v) is 4.65. The van der Waals surface area contributed by atoms with E-state index >= 15 is 0 Å². The maximum Gasteiger partial charge on any atom is 0.407 e. The molecule has 1 amide bonds. The summed E-state index contributed by atoms with van der Waals surface area (Å²) in [4.78, 5) is 11.9. The lowest BCUT2D eigenvalue weighted by molar-refractivity contribution is 0.0520. The molecule has 4 nitrogen and oxygen atoms in total. The zero-order valence-electron chi connectivity index (χ0n) is 14.7. The van der Waals surface area contributed by atoms with Gasteiger partial charge in [0.25, 0.3) is 0 Å². The van der Waals surface area contributed by atoms with Crippen molar-refractivity contribution in [2.45, 2.75) is 64.1 Å². The van der Waals surface area contributed by atoms with Gasteiger partial charge in [0, 0.05) is 18.6 Å². The molecule has 5 heteroatoms. The second-order valence-electron chi connectivity index (χ2n) is 7.93. The summed E-state index contributed by atoms with van der Waals surface area (Å²) in [6, 6.07) is 5.54. The predicted octanol–water partition coefficient (Wildman–Crippen LogP) is 3.71. The average molecular weight is 334 g/mol. The molecule has 24 heavy (non-hydrogen) atoms. The van der Waals surface area contributed by atoms with Crippen molar-refractivity contribution in [2.24, 2.45) is 5.92 Å². The Kier molecular flexibility index (Phi) is 4.81. The molecular formula is C19H27FN2O2.